The average molecular weight is 406 g/mol. The van der Waals surface area contributed by atoms with E-state index in [2.05, 4.69) is 33.1 Å². The summed E-state index contributed by atoms with van der Waals surface area (Å²) in [5.41, 5.74) is 4.54. The molecule has 0 unspecified atom stereocenters. The smallest absolute Gasteiger partial charge is 0.282 e. The summed E-state index contributed by atoms with van der Waals surface area (Å²) in [6, 6.07) is 12.7. The van der Waals surface area contributed by atoms with Gasteiger partial charge in [-0.3, -0.25) is 9.36 Å². The minimum Gasteiger partial charge on any atom is -0.317 e. The highest BCUT2D eigenvalue weighted by molar-refractivity contribution is 6.35. The second-order valence-corrected chi connectivity index (χ2v) is 9.21. The molecule has 1 aliphatic carbocycles. The Morgan fingerprint density at radius 2 is 1.90 bits per heavy atom. The lowest BCUT2D eigenvalue weighted by Crippen LogP contribution is -2.28. The van der Waals surface area contributed by atoms with Gasteiger partial charge < -0.3 is 5.32 Å². The number of nitrogens with one attached hydrogen (secondary N) is 1. The predicted molar refractivity (Wildman–Crippen MR) is 116 cm³/mol. The summed E-state index contributed by atoms with van der Waals surface area (Å²) >= 11 is 6.41. The van der Waals surface area contributed by atoms with Gasteiger partial charge in [0.15, 0.2) is 0 Å². The van der Waals surface area contributed by atoms with Gasteiger partial charge in [0.2, 0.25) is 0 Å². The van der Waals surface area contributed by atoms with Gasteiger partial charge in [-0.25, -0.2) is 0 Å². The summed E-state index contributed by atoms with van der Waals surface area (Å²) in [6.07, 6.45) is 6.87. The first-order chi connectivity index (χ1) is 14.2. The number of halogens is 1. The zero-order chi connectivity index (χ0) is 19.6. The van der Waals surface area contributed by atoms with E-state index in [1.54, 1.807) is 6.07 Å². The Hall–Kier alpha value is -2.17. The molecule has 2 fully saturated rings. The third-order valence-corrected chi connectivity index (χ3v) is 7.65. The van der Waals surface area contributed by atoms with Crippen LogP contribution in [-0.2, 0) is 5.41 Å². The molecule has 0 bridgehead atoms. The van der Waals surface area contributed by atoms with Crippen molar-refractivity contribution in [1.82, 2.24) is 14.9 Å². The minimum absolute atomic E-state index is 0.131. The van der Waals surface area contributed by atoms with Gasteiger partial charge >= 0.3 is 0 Å². The van der Waals surface area contributed by atoms with E-state index in [0.29, 0.717) is 16.3 Å². The summed E-state index contributed by atoms with van der Waals surface area (Å²) < 4.78 is 2.22. The summed E-state index contributed by atoms with van der Waals surface area (Å²) in [5, 5.41) is 4.48. The summed E-state index contributed by atoms with van der Waals surface area (Å²) in [6.45, 7) is 2.18. The van der Waals surface area contributed by atoms with Gasteiger partial charge in [0, 0.05) is 0 Å². The Morgan fingerprint density at radius 1 is 1.10 bits per heavy atom. The van der Waals surface area contributed by atoms with Gasteiger partial charge in [0.05, 0.1) is 27.0 Å². The highest BCUT2D eigenvalue weighted by Gasteiger charge is 2.47. The molecule has 3 aliphatic rings. The van der Waals surface area contributed by atoms with E-state index in [0.717, 1.165) is 37.3 Å². The van der Waals surface area contributed by atoms with Crippen molar-refractivity contribution in [3.63, 3.8) is 0 Å². The molecule has 2 aliphatic heterocycles. The van der Waals surface area contributed by atoms with Crippen LogP contribution >= 0.6 is 11.6 Å². The fourth-order valence-corrected chi connectivity index (χ4v) is 6.18. The lowest BCUT2D eigenvalue weighted by Gasteiger charge is -2.27. The molecule has 1 saturated heterocycles. The van der Waals surface area contributed by atoms with E-state index >= 15 is 0 Å². The fourth-order valence-electron chi connectivity index (χ4n) is 5.92. The van der Waals surface area contributed by atoms with Crippen LogP contribution in [0.5, 0.6) is 0 Å². The Balaban J connectivity index is 1.64. The van der Waals surface area contributed by atoms with E-state index in [1.165, 1.54) is 42.5 Å². The summed E-state index contributed by atoms with van der Waals surface area (Å²) in [4.78, 5) is 17.6. The van der Waals surface area contributed by atoms with Crippen LogP contribution < -0.4 is 10.9 Å². The van der Waals surface area contributed by atoms with Crippen molar-refractivity contribution >= 4 is 22.5 Å². The molecular weight excluding hydrogens is 382 g/mol. The fraction of sp³-hybridized carbons (Fsp3) is 0.417. The largest absolute Gasteiger partial charge is 0.317 e. The van der Waals surface area contributed by atoms with Crippen LogP contribution in [0.1, 0.15) is 61.4 Å². The van der Waals surface area contributed by atoms with Crippen LogP contribution in [0.25, 0.3) is 16.6 Å². The van der Waals surface area contributed by atoms with E-state index in [4.69, 9.17) is 11.6 Å². The molecule has 1 saturated carbocycles. The first kappa shape index (κ1) is 17.7. The van der Waals surface area contributed by atoms with E-state index in [1.807, 2.05) is 12.1 Å². The van der Waals surface area contributed by atoms with Crippen molar-refractivity contribution in [2.24, 2.45) is 0 Å². The van der Waals surface area contributed by atoms with Crippen LogP contribution in [0.15, 0.2) is 41.2 Å². The monoisotopic (exact) mass is 405 g/mol. The Kier molecular flexibility index (Phi) is 3.91. The van der Waals surface area contributed by atoms with Crippen LogP contribution in [0.2, 0.25) is 5.02 Å². The molecule has 5 heteroatoms. The molecule has 0 amide bonds. The first-order valence-corrected chi connectivity index (χ1v) is 11.1. The molecule has 148 valence electrons. The molecule has 3 heterocycles. The highest BCUT2D eigenvalue weighted by Crippen LogP contribution is 2.53. The number of benzene rings is 2. The van der Waals surface area contributed by atoms with Gasteiger partial charge in [-0.15, -0.1) is 0 Å². The third kappa shape index (κ3) is 2.42. The molecule has 0 radical (unpaired) electrons. The van der Waals surface area contributed by atoms with Crippen molar-refractivity contribution in [3.05, 3.63) is 68.7 Å². The maximum absolute atomic E-state index is 12.9. The predicted octanol–water partition coefficient (Wildman–Crippen LogP) is 4.68. The van der Waals surface area contributed by atoms with Gasteiger partial charge in [-0.1, -0.05) is 42.6 Å². The number of aromatic nitrogens is 2. The maximum Gasteiger partial charge on any atom is 0.282 e. The number of hydrogen-bond donors (Lipinski definition) is 1. The molecule has 29 heavy (non-hydrogen) atoms. The van der Waals surface area contributed by atoms with Crippen molar-refractivity contribution in [1.29, 1.82) is 0 Å². The van der Waals surface area contributed by atoms with Crippen molar-refractivity contribution in [2.45, 2.75) is 49.9 Å². The van der Waals surface area contributed by atoms with E-state index in [9.17, 15) is 4.79 Å². The SMILES string of the molecule is O=c1nc2n(c3cccc(Cl)c13)-c1ccc(C3CCNCC3)cc1C21CCCC1. The Morgan fingerprint density at radius 3 is 2.69 bits per heavy atom. The topological polar surface area (TPSA) is 46.9 Å². The highest BCUT2D eigenvalue weighted by atomic mass is 35.5. The number of rotatable bonds is 1. The number of hydrogen-bond acceptors (Lipinski definition) is 3. The van der Waals surface area contributed by atoms with Gasteiger partial charge in [-0.2, -0.15) is 4.98 Å². The lowest BCUT2D eigenvalue weighted by atomic mass is 9.77. The Bertz CT molecular complexity index is 1190. The second-order valence-electron chi connectivity index (χ2n) is 8.80. The molecule has 3 aromatic rings. The molecule has 1 spiro atoms. The first-order valence-electron chi connectivity index (χ1n) is 10.8. The molecular formula is C24H24ClN3O. The van der Waals surface area contributed by atoms with E-state index in [-0.39, 0.29) is 11.0 Å². The van der Waals surface area contributed by atoms with Gasteiger partial charge in [0.25, 0.3) is 5.56 Å². The normalized spacial score (nSPS) is 20.3. The van der Waals surface area contributed by atoms with Crippen LogP contribution in [-0.4, -0.2) is 22.6 Å². The maximum atomic E-state index is 12.9. The standard InChI is InChI=1S/C24H24ClN3O/c25-18-4-3-5-20-21(18)22(29)27-23-24(10-1-2-11-24)17-14-16(6-7-19(17)28(20)23)15-8-12-26-13-9-15/h3-7,14-15,26H,1-2,8-13H2. The van der Waals surface area contributed by atoms with E-state index < -0.39 is 0 Å². The van der Waals surface area contributed by atoms with Gasteiger partial charge in [0.1, 0.15) is 5.82 Å². The second kappa shape index (κ2) is 6.41. The number of piperidine rings is 1. The third-order valence-electron chi connectivity index (χ3n) is 7.34. The summed E-state index contributed by atoms with van der Waals surface area (Å²) in [7, 11) is 0. The van der Waals surface area contributed by atoms with Gasteiger partial charge in [-0.05, 0) is 74.0 Å². The van der Waals surface area contributed by atoms with Crippen molar-refractivity contribution < 1.29 is 0 Å². The van der Waals surface area contributed by atoms with Crippen LogP contribution in [0.3, 0.4) is 0 Å². The molecule has 6 rings (SSSR count). The molecule has 4 nitrogen and oxygen atoms in total. The van der Waals surface area contributed by atoms with Crippen LogP contribution in [0.4, 0.5) is 0 Å². The molecule has 0 atom stereocenters. The quantitative estimate of drug-likeness (QED) is 0.639. The zero-order valence-corrected chi connectivity index (χ0v) is 17.1. The zero-order valence-electron chi connectivity index (χ0n) is 16.4. The van der Waals surface area contributed by atoms with Crippen LogP contribution in [0, 0.1) is 0 Å². The minimum atomic E-state index is -0.200. The molecule has 1 N–H and O–H groups in total. The lowest BCUT2D eigenvalue weighted by molar-refractivity contribution is 0.458. The summed E-state index contributed by atoms with van der Waals surface area (Å²) in [5.74, 6) is 1.54. The number of nitrogens with zero attached hydrogens (tertiary/aromatic N) is 2. The molecule has 1 aromatic heterocycles. The van der Waals surface area contributed by atoms with Crippen molar-refractivity contribution in [3.8, 4) is 5.69 Å². The molecule has 2 aromatic carbocycles. The average Bonchev–Trinajstić information content (AvgIpc) is 3.34. The Labute approximate surface area is 174 Å². The van der Waals surface area contributed by atoms with Crippen molar-refractivity contribution in [2.75, 3.05) is 13.1 Å². The number of fused-ring (bicyclic) bond motifs is 7.